The predicted molar refractivity (Wildman–Crippen MR) is 102 cm³/mol. The summed E-state index contributed by atoms with van der Waals surface area (Å²) in [5.74, 6) is -0.205. The molecule has 0 radical (unpaired) electrons. The van der Waals surface area contributed by atoms with Gasteiger partial charge in [-0.25, -0.2) is 8.42 Å². The maximum absolute atomic E-state index is 13.0. The van der Waals surface area contributed by atoms with Gasteiger partial charge in [-0.05, 0) is 57.6 Å². The van der Waals surface area contributed by atoms with Crippen molar-refractivity contribution >= 4 is 15.9 Å². The lowest BCUT2D eigenvalue weighted by Gasteiger charge is -2.29. The van der Waals surface area contributed by atoms with Crippen molar-refractivity contribution < 1.29 is 13.2 Å². The molecule has 0 saturated carbocycles. The molecule has 1 saturated heterocycles. The molecule has 2 aliphatic rings. The Morgan fingerprint density at radius 2 is 2.00 bits per heavy atom. The number of rotatable bonds is 5. The quantitative estimate of drug-likeness (QED) is 0.795. The Bertz CT molecular complexity index is 783. The lowest BCUT2D eigenvalue weighted by molar-refractivity contribution is 0.0916. The number of carbonyl (C=O) groups is 1. The molecular formula is C19H27N3O3S. The van der Waals surface area contributed by atoms with Crippen molar-refractivity contribution in [2.24, 2.45) is 0 Å². The zero-order chi connectivity index (χ0) is 18.7. The molecule has 0 unspecified atom stereocenters. The third-order valence-corrected chi connectivity index (χ3v) is 7.08. The van der Waals surface area contributed by atoms with E-state index in [1.54, 1.807) is 18.2 Å². The van der Waals surface area contributed by atoms with Crippen LogP contribution in [0, 0.1) is 0 Å². The van der Waals surface area contributed by atoms with Crippen molar-refractivity contribution in [1.29, 1.82) is 0 Å². The van der Waals surface area contributed by atoms with Crippen molar-refractivity contribution in [2.45, 2.75) is 43.2 Å². The average Bonchev–Trinajstić information content (AvgIpc) is 3.13. The van der Waals surface area contributed by atoms with E-state index in [4.69, 9.17) is 0 Å². The lowest BCUT2D eigenvalue weighted by Crippen LogP contribution is -2.43. The van der Waals surface area contributed by atoms with E-state index in [1.807, 2.05) is 19.1 Å². The SMILES string of the molecule is CC[C@@H]1C=CCN1S(=O)(=O)c1cccc(C(=O)NC2CCN(C)CC2)c1. The minimum absolute atomic E-state index is 0.114. The fraction of sp³-hybridized carbons (Fsp3) is 0.526. The van der Waals surface area contributed by atoms with E-state index in [1.165, 1.54) is 10.4 Å². The van der Waals surface area contributed by atoms with Gasteiger partial charge >= 0.3 is 0 Å². The van der Waals surface area contributed by atoms with Crippen molar-refractivity contribution in [1.82, 2.24) is 14.5 Å². The highest BCUT2D eigenvalue weighted by Crippen LogP contribution is 2.24. The van der Waals surface area contributed by atoms with Crippen LogP contribution in [-0.2, 0) is 10.0 Å². The Morgan fingerprint density at radius 3 is 2.69 bits per heavy atom. The number of benzene rings is 1. The molecule has 7 heteroatoms. The Balaban J connectivity index is 1.74. The number of carbonyl (C=O) groups excluding carboxylic acids is 1. The molecule has 1 amide bonds. The van der Waals surface area contributed by atoms with Gasteiger partial charge in [0.15, 0.2) is 0 Å². The van der Waals surface area contributed by atoms with E-state index >= 15 is 0 Å². The number of nitrogens with one attached hydrogen (secondary N) is 1. The van der Waals surface area contributed by atoms with Gasteiger partial charge in [0, 0.05) is 24.2 Å². The van der Waals surface area contributed by atoms with Crippen LogP contribution in [0.4, 0.5) is 0 Å². The summed E-state index contributed by atoms with van der Waals surface area (Å²) in [6.07, 6.45) is 6.36. The van der Waals surface area contributed by atoms with Crippen molar-refractivity contribution in [3.05, 3.63) is 42.0 Å². The first-order valence-corrected chi connectivity index (χ1v) is 10.6. The normalized spacial score (nSPS) is 22.6. The summed E-state index contributed by atoms with van der Waals surface area (Å²) in [7, 11) is -1.54. The van der Waals surface area contributed by atoms with Crippen LogP contribution in [0.1, 0.15) is 36.5 Å². The van der Waals surface area contributed by atoms with Gasteiger partial charge in [0.2, 0.25) is 10.0 Å². The fourth-order valence-electron chi connectivity index (χ4n) is 3.52. The smallest absolute Gasteiger partial charge is 0.251 e. The third kappa shape index (κ3) is 4.00. The number of sulfonamides is 1. The zero-order valence-corrected chi connectivity index (χ0v) is 16.2. The molecule has 0 aliphatic carbocycles. The van der Waals surface area contributed by atoms with Crippen LogP contribution in [0.25, 0.3) is 0 Å². The van der Waals surface area contributed by atoms with Crippen LogP contribution in [-0.4, -0.2) is 62.3 Å². The molecule has 1 aromatic rings. The van der Waals surface area contributed by atoms with Gasteiger partial charge in [0.25, 0.3) is 5.91 Å². The van der Waals surface area contributed by atoms with Gasteiger partial charge in [-0.1, -0.05) is 25.1 Å². The van der Waals surface area contributed by atoms with E-state index in [0.717, 1.165) is 32.4 Å². The first-order valence-electron chi connectivity index (χ1n) is 9.20. The molecule has 1 aromatic carbocycles. The lowest BCUT2D eigenvalue weighted by atomic mass is 10.0. The third-order valence-electron chi connectivity index (χ3n) is 5.19. The second-order valence-electron chi connectivity index (χ2n) is 7.06. The standard InChI is InChI=1S/C19H27N3O3S/c1-3-17-7-5-11-22(17)26(24,25)18-8-4-6-15(14-18)19(23)20-16-9-12-21(2)13-10-16/h4-8,14,16-17H,3,9-13H2,1-2H3,(H,20,23)/t17-/m1/s1. The van der Waals surface area contributed by atoms with E-state index in [0.29, 0.717) is 12.1 Å². The molecule has 142 valence electrons. The maximum atomic E-state index is 13.0. The van der Waals surface area contributed by atoms with E-state index in [9.17, 15) is 13.2 Å². The van der Waals surface area contributed by atoms with Gasteiger partial charge in [0.05, 0.1) is 4.90 Å². The summed E-state index contributed by atoms with van der Waals surface area (Å²) in [5.41, 5.74) is 0.394. The van der Waals surface area contributed by atoms with E-state index < -0.39 is 10.0 Å². The van der Waals surface area contributed by atoms with E-state index in [-0.39, 0.29) is 22.9 Å². The van der Waals surface area contributed by atoms with Gasteiger partial charge in [0.1, 0.15) is 0 Å². The number of piperidine rings is 1. The summed E-state index contributed by atoms with van der Waals surface area (Å²) >= 11 is 0. The Labute approximate surface area is 155 Å². The van der Waals surface area contributed by atoms with Crippen molar-refractivity contribution in [3.8, 4) is 0 Å². The molecule has 0 spiro atoms. The van der Waals surface area contributed by atoms with Crippen LogP contribution in [0.5, 0.6) is 0 Å². The molecule has 6 nitrogen and oxygen atoms in total. The molecule has 1 fully saturated rings. The second-order valence-corrected chi connectivity index (χ2v) is 8.95. The second kappa shape index (κ2) is 7.90. The highest BCUT2D eigenvalue weighted by atomic mass is 32.2. The first kappa shape index (κ1) is 19.1. The number of likely N-dealkylation sites (tertiary alicyclic amines) is 1. The Hall–Kier alpha value is -1.70. The topological polar surface area (TPSA) is 69.7 Å². The Morgan fingerprint density at radius 1 is 1.27 bits per heavy atom. The van der Waals surface area contributed by atoms with Crippen LogP contribution in [0.15, 0.2) is 41.3 Å². The van der Waals surface area contributed by atoms with Crippen LogP contribution < -0.4 is 5.32 Å². The Kier molecular flexibility index (Phi) is 5.79. The molecule has 0 aromatic heterocycles. The molecule has 2 heterocycles. The maximum Gasteiger partial charge on any atom is 0.251 e. The molecule has 1 atom stereocenters. The molecule has 3 rings (SSSR count). The summed E-state index contributed by atoms with van der Waals surface area (Å²) < 4.78 is 27.4. The number of amides is 1. The number of hydrogen-bond acceptors (Lipinski definition) is 4. The minimum atomic E-state index is -3.61. The molecule has 26 heavy (non-hydrogen) atoms. The molecular weight excluding hydrogens is 350 g/mol. The van der Waals surface area contributed by atoms with Gasteiger partial charge in [-0.2, -0.15) is 4.31 Å². The van der Waals surface area contributed by atoms with Gasteiger partial charge in [-0.3, -0.25) is 4.79 Å². The average molecular weight is 378 g/mol. The highest BCUT2D eigenvalue weighted by molar-refractivity contribution is 7.89. The van der Waals surface area contributed by atoms with Crippen LogP contribution in [0.2, 0.25) is 0 Å². The summed E-state index contributed by atoms with van der Waals surface area (Å²) in [4.78, 5) is 15.0. The number of nitrogens with zero attached hydrogens (tertiary/aromatic N) is 2. The summed E-state index contributed by atoms with van der Waals surface area (Å²) in [6, 6.07) is 6.39. The summed E-state index contributed by atoms with van der Waals surface area (Å²) in [5, 5.41) is 3.04. The zero-order valence-electron chi connectivity index (χ0n) is 15.4. The van der Waals surface area contributed by atoms with Crippen molar-refractivity contribution in [2.75, 3.05) is 26.7 Å². The minimum Gasteiger partial charge on any atom is -0.349 e. The monoisotopic (exact) mass is 377 g/mol. The number of hydrogen-bond donors (Lipinski definition) is 1. The molecule has 0 bridgehead atoms. The highest BCUT2D eigenvalue weighted by Gasteiger charge is 2.31. The molecule has 1 N–H and O–H groups in total. The first-order chi connectivity index (χ1) is 12.4. The summed E-state index contributed by atoms with van der Waals surface area (Å²) in [6.45, 7) is 4.26. The molecule has 2 aliphatic heterocycles. The largest absolute Gasteiger partial charge is 0.349 e. The van der Waals surface area contributed by atoms with Crippen LogP contribution in [0.3, 0.4) is 0 Å². The van der Waals surface area contributed by atoms with Gasteiger partial charge in [-0.15, -0.1) is 0 Å². The van der Waals surface area contributed by atoms with Crippen molar-refractivity contribution in [3.63, 3.8) is 0 Å². The van der Waals surface area contributed by atoms with E-state index in [2.05, 4.69) is 17.3 Å². The van der Waals surface area contributed by atoms with Gasteiger partial charge < -0.3 is 10.2 Å². The predicted octanol–water partition coefficient (Wildman–Crippen LogP) is 1.85. The fourth-order valence-corrected chi connectivity index (χ4v) is 5.18. The van der Waals surface area contributed by atoms with Crippen LogP contribution >= 0.6 is 0 Å².